The Balaban J connectivity index is 0.00000385. The minimum absolute atomic E-state index is 0. The molecule has 2 aromatic carbocycles. The lowest BCUT2D eigenvalue weighted by Gasteiger charge is -2.22. The average Bonchev–Trinajstić information content (AvgIpc) is 2.80. The van der Waals surface area contributed by atoms with Gasteiger partial charge in [0.1, 0.15) is 0 Å². The third-order valence-electron chi connectivity index (χ3n) is 5.15. The maximum Gasteiger partial charge on any atom is 0.416 e. The zero-order valence-electron chi connectivity index (χ0n) is 18.7. The fourth-order valence-electron chi connectivity index (χ4n) is 3.38. The highest BCUT2D eigenvalue weighted by molar-refractivity contribution is 14.0. The van der Waals surface area contributed by atoms with Crippen LogP contribution in [-0.2, 0) is 35.3 Å². The molecule has 2 N–H and O–H groups in total. The van der Waals surface area contributed by atoms with E-state index in [4.69, 9.17) is 9.47 Å². The molecule has 9 heteroatoms. The van der Waals surface area contributed by atoms with Crippen LogP contribution in [0.15, 0.2) is 53.5 Å². The highest BCUT2D eigenvalue weighted by Gasteiger charge is 2.29. The van der Waals surface area contributed by atoms with Crippen molar-refractivity contribution in [3.8, 4) is 0 Å². The lowest BCUT2D eigenvalue weighted by atomic mass is 10.1. The molecule has 1 heterocycles. The van der Waals surface area contributed by atoms with E-state index in [0.717, 1.165) is 54.9 Å². The monoisotopic (exact) mass is 577 g/mol. The van der Waals surface area contributed by atoms with Crippen molar-refractivity contribution in [2.45, 2.75) is 51.7 Å². The lowest BCUT2D eigenvalue weighted by Crippen LogP contribution is -2.36. The van der Waals surface area contributed by atoms with Crippen LogP contribution < -0.4 is 10.6 Å². The molecule has 1 aliphatic rings. The molecule has 0 amide bonds. The summed E-state index contributed by atoms with van der Waals surface area (Å²) in [6.45, 7) is 5.57. The Hall–Kier alpha value is -1.85. The first-order chi connectivity index (χ1) is 15.4. The molecule has 33 heavy (non-hydrogen) atoms. The van der Waals surface area contributed by atoms with Gasteiger partial charge in [-0.2, -0.15) is 13.2 Å². The lowest BCUT2D eigenvalue weighted by molar-refractivity contribution is -0.137. The quantitative estimate of drug-likeness (QED) is 0.255. The molecule has 0 aromatic heterocycles. The topological polar surface area (TPSA) is 54.9 Å². The Morgan fingerprint density at radius 3 is 2.39 bits per heavy atom. The van der Waals surface area contributed by atoms with Gasteiger partial charge in [0.25, 0.3) is 0 Å². The Kier molecular flexibility index (Phi) is 11.4. The summed E-state index contributed by atoms with van der Waals surface area (Å²) in [5, 5.41) is 6.33. The van der Waals surface area contributed by atoms with Gasteiger partial charge in [-0.25, -0.2) is 4.99 Å². The van der Waals surface area contributed by atoms with Crippen molar-refractivity contribution >= 4 is 29.9 Å². The van der Waals surface area contributed by atoms with Gasteiger partial charge in [0.05, 0.1) is 24.8 Å². The predicted molar refractivity (Wildman–Crippen MR) is 134 cm³/mol. The molecule has 3 rings (SSSR count). The van der Waals surface area contributed by atoms with Crippen LogP contribution in [0.4, 0.5) is 13.2 Å². The number of nitrogens with zero attached hydrogens (tertiary/aromatic N) is 1. The summed E-state index contributed by atoms with van der Waals surface area (Å²) in [5.41, 5.74) is 2.26. The molecule has 0 saturated carbocycles. The Morgan fingerprint density at radius 2 is 1.73 bits per heavy atom. The summed E-state index contributed by atoms with van der Waals surface area (Å²) >= 11 is 0. The number of benzene rings is 2. The molecule has 0 spiro atoms. The van der Waals surface area contributed by atoms with E-state index >= 15 is 0 Å². The molecule has 0 bridgehead atoms. The predicted octanol–water partition coefficient (Wildman–Crippen LogP) is 5.27. The molecule has 0 aliphatic carbocycles. The molecule has 0 unspecified atom stereocenters. The summed E-state index contributed by atoms with van der Waals surface area (Å²) in [6.07, 6.45) is -2.21. The van der Waals surface area contributed by atoms with Crippen LogP contribution in [0, 0.1) is 0 Å². The highest BCUT2D eigenvalue weighted by atomic mass is 127. The third kappa shape index (κ3) is 9.50. The second-order valence-corrected chi connectivity index (χ2v) is 7.69. The first-order valence-corrected chi connectivity index (χ1v) is 10.9. The van der Waals surface area contributed by atoms with Gasteiger partial charge >= 0.3 is 6.18 Å². The number of hydrogen-bond acceptors (Lipinski definition) is 3. The van der Waals surface area contributed by atoms with E-state index in [1.54, 1.807) is 0 Å². The minimum atomic E-state index is -4.33. The van der Waals surface area contributed by atoms with Crippen molar-refractivity contribution in [1.29, 1.82) is 0 Å². The minimum Gasteiger partial charge on any atom is -0.381 e. The van der Waals surface area contributed by atoms with Crippen LogP contribution >= 0.6 is 24.0 Å². The van der Waals surface area contributed by atoms with E-state index in [1.807, 2.05) is 25.1 Å². The van der Waals surface area contributed by atoms with E-state index in [2.05, 4.69) is 21.7 Å². The number of ether oxygens (including phenoxy) is 2. The number of guanidine groups is 1. The molecule has 182 valence electrons. The fraction of sp³-hybridized carbons (Fsp3) is 0.458. The smallest absolute Gasteiger partial charge is 0.381 e. The van der Waals surface area contributed by atoms with Crippen LogP contribution in [0.5, 0.6) is 0 Å². The first-order valence-electron chi connectivity index (χ1n) is 10.9. The maximum atomic E-state index is 12.7. The Labute approximate surface area is 210 Å². The van der Waals surface area contributed by atoms with Gasteiger partial charge in [-0.05, 0) is 48.6 Å². The summed E-state index contributed by atoms with van der Waals surface area (Å²) in [5.74, 6) is 0.608. The molecule has 5 nitrogen and oxygen atoms in total. The molecule has 2 aromatic rings. The average molecular weight is 577 g/mol. The van der Waals surface area contributed by atoms with Crippen molar-refractivity contribution in [2.75, 3.05) is 19.8 Å². The summed E-state index contributed by atoms with van der Waals surface area (Å²) in [6, 6.07) is 13.3. The van der Waals surface area contributed by atoms with Crippen LogP contribution in [0.25, 0.3) is 0 Å². The van der Waals surface area contributed by atoms with E-state index in [1.165, 1.54) is 12.1 Å². The van der Waals surface area contributed by atoms with Gasteiger partial charge in [0.15, 0.2) is 5.96 Å². The van der Waals surface area contributed by atoms with E-state index in [0.29, 0.717) is 32.2 Å². The number of alkyl halides is 3. The Bertz CT molecular complexity index is 870. The van der Waals surface area contributed by atoms with E-state index < -0.39 is 11.7 Å². The molecule has 1 aliphatic heterocycles. The van der Waals surface area contributed by atoms with Crippen LogP contribution in [0.2, 0.25) is 0 Å². The maximum absolute atomic E-state index is 12.7. The molecule has 0 atom stereocenters. The molecular weight excluding hydrogens is 546 g/mol. The fourth-order valence-corrected chi connectivity index (χ4v) is 3.38. The van der Waals surface area contributed by atoms with Crippen molar-refractivity contribution in [2.24, 2.45) is 4.99 Å². The van der Waals surface area contributed by atoms with Gasteiger partial charge in [-0.1, -0.05) is 36.4 Å². The van der Waals surface area contributed by atoms with Crippen LogP contribution in [0.1, 0.15) is 42.0 Å². The van der Waals surface area contributed by atoms with Crippen LogP contribution in [0.3, 0.4) is 0 Å². The largest absolute Gasteiger partial charge is 0.416 e. The van der Waals surface area contributed by atoms with E-state index in [-0.39, 0.29) is 30.1 Å². The summed E-state index contributed by atoms with van der Waals surface area (Å²) < 4.78 is 49.5. The van der Waals surface area contributed by atoms with Gasteiger partial charge in [-0.3, -0.25) is 0 Å². The number of halogens is 4. The SMILES string of the molecule is CCNC(=NCc1cccc(COC2CCOCC2)c1)NCc1ccc(C(F)(F)F)cc1.I. The standard InChI is InChI=1S/C24H30F3N3O2.HI/c1-2-28-23(29-15-18-6-8-21(9-7-18)24(25,26)27)30-16-19-4-3-5-20(14-19)17-32-22-10-12-31-13-11-22;/h3-9,14,22H,2,10-13,15-17H2,1H3,(H2,28,29,30);1H. The number of hydrogen-bond donors (Lipinski definition) is 2. The highest BCUT2D eigenvalue weighted by Crippen LogP contribution is 2.29. The summed E-state index contributed by atoms with van der Waals surface area (Å²) in [4.78, 5) is 4.60. The van der Waals surface area contributed by atoms with Crippen molar-refractivity contribution < 1.29 is 22.6 Å². The van der Waals surface area contributed by atoms with E-state index in [9.17, 15) is 13.2 Å². The van der Waals surface area contributed by atoms with Crippen LogP contribution in [-0.4, -0.2) is 31.8 Å². The normalized spacial score (nSPS) is 15.1. The molecule has 1 saturated heterocycles. The number of nitrogens with one attached hydrogen (secondary N) is 2. The molecule has 1 fully saturated rings. The zero-order chi connectivity index (χ0) is 22.8. The number of rotatable bonds is 8. The van der Waals surface area contributed by atoms with Crippen molar-refractivity contribution in [3.05, 3.63) is 70.8 Å². The van der Waals surface area contributed by atoms with Gasteiger partial charge in [0.2, 0.25) is 0 Å². The summed E-state index contributed by atoms with van der Waals surface area (Å²) in [7, 11) is 0. The van der Waals surface area contributed by atoms with Gasteiger partial charge in [0, 0.05) is 26.3 Å². The van der Waals surface area contributed by atoms with Crippen molar-refractivity contribution in [1.82, 2.24) is 10.6 Å². The van der Waals surface area contributed by atoms with Gasteiger partial charge in [-0.15, -0.1) is 24.0 Å². The molecule has 0 radical (unpaired) electrons. The Morgan fingerprint density at radius 1 is 1.03 bits per heavy atom. The second kappa shape index (κ2) is 13.8. The van der Waals surface area contributed by atoms with Gasteiger partial charge < -0.3 is 20.1 Å². The molecular formula is C24H31F3IN3O2. The zero-order valence-corrected chi connectivity index (χ0v) is 21.0. The number of aliphatic imine (C=N–C) groups is 1. The first kappa shape index (κ1) is 27.4. The second-order valence-electron chi connectivity index (χ2n) is 7.69. The third-order valence-corrected chi connectivity index (χ3v) is 5.15. The van der Waals surface area contributed by atoms with Crippen molar-refractivity contribution in [3.63, 3.8) is 0 Å².